The van der Waals surface area contributed by atoms with Gasteiger partial charge in [-0.3, -0.25) is 0 Å². The zero-order valence-corrected chi connectivity index (χ0v) is 4.68. The lowest BCUT2D eigenvalue weighted by molar-refractivity contribution is 1.30. The number of nitrogens with one attached hydrogen (secondary N) is 1. The smallest absolute Gasteiger partial charge is 0.146 e. The van der Waals surface area contributed by atoms with Crippen molar-refractivity contribution >= 4 is 0 Å². The molecule has 0 radical (unpaired) electrons. The number of hydrogen-bond acceptors (Lipinski definition) is 1. The van der Waals surface area contributed by atoms with Gasteiger partial charge in [0.1, 0.15) is 11.4 Å². The fourth-order valence-corrected chi connectivity index (χ4v) is 0.514. The van der Waals surface area contributed by atoms with Gasteiger partial charge in [0.2, 0.25) is 0 Å². The van der Waals surface area contributed by atoms with Crippen molar-refractivity contribution in [1.82, 2.24) is 9.97 Å². The van der Waals surface area contributed by atoms with E-state index in [2.05, 4.69) is 21.8 Å². The summed E-state index contributed by atoms with van der Waals surface area (Å²) in [6.07, 6.45) is 11.6. The number of terminal acetylenes is 2. The maximum atomic E-state index is 5.05. The molecule has 0 aliphatic heterocycles. The van der Waals surface area contributed by atoms with Crippen LogP contribution in [-0.4, -0.2) is 9.97 Å². The van der Waals surface area contributed by atoms with Crippen LogP contribution in [0.5, 0.6) is 0 Å². The lowest BCUT2D eigenvalue weighted by Gasteiger charge is -1.78. The third-order valence-electron chi connectivity index (χ3n) is 0.920. The van der Waals surface area contributed by atoms with E-state index < -0.39 is 0 Å². The predicted octanol–water partition coefficient (Wildman–Crippen LogP) is 0.372. The Balaban J connectivity index is 3.22. The molecule has 0 atom stereocenters. The molecule has 1 heterocycles. The summed E-state index contributed by atoms with van der Waals surface area (Å²) in [5.41, 5.74) is 1.06. The number of aromatic nitrogens is 2. The first kappa shape index (κ1) is 5.47. The second-order valence-electron chi connectivity index (χ2n) is 1.41. The fraction of sp³-hybridized carbons (Fsp3) is 0. The van der Waals surface area contributed by atoms with Crippen LogP contribution in [-0.2, 0) is 0 Å². The largest absolute Gasteiger partial charge is 0.337 e. The van der Waals surface area contributed by atoms with E-state index in [1.165, 1.54) is 6.33 Å². The van der Waals surface area contributed by atoms with Gasteiger partial charge in [0, 0.05) is 0 Å². The molecule has 2 nitrogen and oxygen atoms in total. The summed E-state index contributed by atoms with van der Waals surface area (Å²) in [6, 6.07) is 0. The van der Waals surface area contributed by atoms with Crippen LogP contribution in [0.15, 0.2) is 6.33 Å². The van der Waals surface area contributed by atoms with E-state index in [4.69, 9.17) is 12.8 Å². The van der Waals surface area contributed by atoms with Gasteiger partial charge in [-0.2, -0.15) is 0 Å². The Bertz CT molecular complexity index is 254. The number of nitrogens with zero attached hydrogens (tertiary/aromatic N) is 1. The van der Waals surface area contributed by atoms with Crippen LogP contribution in [0.1, 0.15) is 11.4 Å². The average Bonchev–Trinajstić information content (AvgIpc) is 2.33. The summed E-state index contributed by atoms with van der Waals surface area (Å²) in [7, 11) is 0. The highest BCUT2D eigenvalue weighted by Crippen LogP contribution is 1.95. The Morgan fingerprint density at radius 1 is 1.44 bits per heavy atom. The third kappa shape index (κ3) is 0.781. The van der Waals surface area contributed by atoms with Crippen LogP contribution in [0.25, 0.3) is 0 Å². The van der Waals surface area contributed by atoms with Crippen LogP contribution < -0.4 is 0 Å². The number of aromatic amines is 1. The van der Waals surface area contributed by atoms with Crippen LogP contribution >= 0.6 is 0 Å². The van der Waals surface area contributed by atoms with Gasteiger partial charge in [0.25, 0.3) is 0 Å². The second kappa shape index (κ2) is 2.07. The molecule has 9 heavy (non-hydrogen) atoms. The van der Waals surface area contributed by atoms with Crippen molar-refractivity contribution < 1.29 is 0 Å². The topological polar surface area (TPSA) is 28.7 Å². The van der Waals surface area contributed by atoms with E-state index in [-0.39, 0.29) is 0 Å². The highest BCUT2D eigenvalue weighted by molar-refractivity contribution is 5.38. The van der Waals surface area contributed by atoms with E-state index >= 15 is 0 Å². The Kier molecular flexibility index (Phi) is 1.25. The summed E-state index contributed by atoms with van der Waals surface area (Å²) in [6.45, 7) is 0. The maximum absolute atomic E-state index is 5.05. The van der Waals surface area contributed by atoms with Gasteiger partial charge in [-0.25, -0.2) is 4.98 Å². The molecule has 0 bridgehead atoms. The van der Waals surface area contributed by atoms with Crippen molar-refractivity contribution in [2.75, 3.05) is 0 Å². The van der Waals surface area contributed by atoms with E-state index in [9.17, 15) is 0 Å². The van der Waals surface area contributed by atoms with E-state index in [0.717, 1.165) is 0 Å². The highest BCUT2D eigenvalue weighted by Gasteiger charge is 1.95. The van der Waals surface area contributed by atoms with E-state index in [1.807, 2.05) is 0 Å². The third-order valence-corrected chi connectivity index (χ3v) is 0.920. The summed E-state index contributed by atoms with van der Waals surface area (Å²) in [5, 5.41) is 0. The molecule has 0 unspecified atom stereocenters. The molecule has 0 saturated heterocycles. The number of H-pyrrole nitrogens is 1. The molecule has 1 aromatic heterocycles. The van der Waals surface area contributed by atoms with Crippen molar-refractivity contribution in [1.29, 1.82) is 0 Å². The first-order chi connectivity index (χ1) is 4.38. The molecule has 0 fully saturated rings. The van der Waals surface area contributed by atoms with Gasteiger partial charge in [0.15, 0.2) is 0 Å². The van der Waals surface area contributed by atoms with Crippen LogP contribution in [0.2, 0.25) is 0 Å². The number of rotatable bonds is 0. The maximum Gasteiger partial charge on any atom is 0.146 e. The minimum atomic E-state index is 0.498. The molecule has 0 aliphatic carbocycles. The van der Waals surface area contributed by atoms with Crippen molar-refractivity contribution in [2.45, 2.75) is 0 Å². The molecule has 1 aromatic rings. The lowest BCUT2D eigenvalue weighted by atomic mass is 10.3. The van der Waals surface area contributed by atoms with Crippen molar-refractivity contribution in [3.63, 3.8) is 0 Å². The van der Waals surface area contributed by atoms with Gasteiger partial charge in [0.05, 0.1) is 6.33 Å². The van der Waals surface area contributed by atoms with Gasteiger partial charge >= 0.3 is 0 Å². The van der Waals surface area contributed by atoms with Crippen molar-refractivity contribution in [3.8, 4) is 24.7 Å². The van der Waals surface area contributed by atoms with E-state index in [1.54, 1.807) is 0 Å². The molecule has 0 amide bonds. The van der Waals surface area contributed by atoms with Gasteiger partial charge in [-0.05, 0) is 11.8 Å². The number of imidazole rings is 1. The zero-order valence-electron chi connectivity index (χ0n) is 4.68. The monoisotopic (exact) mass is 116 g/mol. The molecule has 0 saturated carbocycles. The molecule has 42 valence electrons. The summed E-state index contributed by atoms with van der Waals surface area (Å²) >= 11 is 0. The molecule has 2 heteroatoms. The molecule has 0 spiro atoms. The molecule has 1 rings (SSSR count). The van der Waals surface area contributed by atoms with Crippen LogP contribution in [0.3, 0.4) is 0 Å². The van der Waals surface area contributed by atoms with Gasteiger partial charge in [-0.15, -0.1) is 12.8 Å². The Morgan fingerprint density at radius 2 is 2.22 bits per heavy atom. The first-order valence-corrected chi connectivity index (χ1v) is 2.35. The minimum Gasteiger partial charge on any atom is -0.337 e. The summed E-state index contributed by atoms with van der Waals surface area (Å²) < 4.78 is 0. The Labute approximate surface area is 53.3 Å². The Morgan fingerprint density at radius 3 is 2.67 bits per heavy atom. The minimum absolute atomic E-state index is 0.498. The molecule has 1 N–H and O–H groups in total. The molecule has 0 aromatic carbocycles. The van der Waals surface area contributed by atoms with Crippen molar-refractivity contribution in [2.24, 2.45) is 0 Å². The fourth-order valence-electron chi connectivity index (χ4n) is 0.514. The second-order valence-corrected chi connectivity index (χ2v) is 1.41. The van der Waals surface area contributed by atoms with Crippen LogP contribution in [0.4, 0.5) is 0 Å². The van der Waals surface area contributed by atoms with Gasteiger partial charge in [-0.1, -0.05) is 0 Å². The lowest BCUT2D eigenvalue weighted by Crippen LogP contribution is -1.77. The first-order valence-electron chi connectivity index (χ1n) is 2.35. The quantitative estimate of drug-likeness (QED) is 0.487. The van der Waals surface area contributed by atoms with Crippen LogP contribution in [0, 0.1) is 24.7 Å². The van der Waals surface area contributed by atoms with Gasteiger partial charge < -0.3 is 4.98 Å². The Hall–Kier alpha value is -1.67. The average molecular weight is 116 g/mol. The predicted molar refractivity (Wildman–Crippen MR) is 34.5 cm³/mol. The summed E-state index contributed by atoms with van der Waals surface area (Å²) in [4.78, 5) is 6.49. The molecular formula is C7H4N2. The molecular weight excluding hydrogens is 112 g/mol. The summed E-state index contributed by atoms with van der Waals surface area (Å²) in [5.74, 6) is 4.71. The zero-order chi connectivity index (χ0) is 6.69. The van der Waals surface area contributed by atoms with E-state index in [0.29, 0.717) is 11.4 Å². The SMILES string of the molecule is C#Cc1nc[nH]c1C#C. The normalized spacial score (nSPS) is 7.78. The van der Waals surface area contributed by atoms with Crippen molar-refractivity contribution in [3.05, 3.63) is 17.7 Å². The standard InChI is InChI=1S/C7H4N2/c1-3-6-7(4-2)9-5-8-6/h1-2,5H,(H,8,9). The molecule has 0 aliphatic rings. The highest BCUT2D eigenvalue weighted by atomic mass is 14.9. The number of hydrogen-bond donors (Lipinski definition) is 1.